The van der Waals surface area contributed by atoms with E-state index < -0.39 is 8.07 Å². The van der Waals surface area contributed by atoms with Gasteiger partial charge in [-0.3, -0.25) is 0 Å². The minimum Gasteiger partial charge on any atom is -0.305 e. The van der Waals surface area contributed by atoms with Crippen LogP contribution in [0.5, 0.6) is 0 Å². The van der Waals surface area contributed by atoms with E-state index in [0.29, 0.717) is 0 Å². The molecule has 5 rings (SSSR count). The Balaban J connectivity index is 0.000000229. The molecule has 0 aliphatic rings. The van der Waals surface area contributed by atoms with Gasteiger partial charge in [0, 0.05) is 32.5 Å². The van der Waals surface area contributed by atoms with Crippen LogP contribution in [0.2, 0.25) is 19.6 Å². The Morgan fingerprint density at radius 2 is 1.40 bits per heavy atom. The smallest absolute Gasteiger partial charge is 0.0795 e. The Bertz CT molecular complexity index is 1470. The molecule has 2 heterocycles. The monoisotopic (exact) mass is 719 g/mol. The molecule has 0 fully saturated rings. The van der Waals surface area contributed by atoms with Gasteiger partial charge in [-0.05, 0) is 45.6 Å². The Morgan fingerprint density at radius 3 is 2.02 bits per heavy atom. The quantitative estimate of drug-likeness (QED) is 0.135. The van der Waals surface area contributed by atoms with E-state index in [9.17, 15) is 0 Å². The van der Waals surface area contributed by atoms with Crippen LogP contribution in [0.4, 0.5) is 0 Å². The summed E-state index contributed by atoms with van der Waals surface area (Å²) >= 11 is 0. The molecule has 0 saturated carbocycles. The zero-order valence-electron chi connectivity index (χ0n) is 24.3. The van der Waals surface area contributed by atoms with Crippen LogP contribution in [0.3, 0.4) is 0 Å². The predicted molar refractivity (Wildman–Crippen MR) is 168 cm³/mol. The summed E-state index contributed by atoms with van der Waals surface area (Å²) in [5.41, 5.74) is 8.14. The van der Waals surface area contributed by atoms with E-state index in [1.54, 1.807) is 0 Å². The van der Waals surface area contributed by atoms with E-state index >= 15 is 0 Å². The molecule has 2 aromatic heterocycles. The first-order valence-corrected chi connectivity index (χ1v) is 17.0. The Labute approximate surface area is 255 Å². The number of nitrogens with zero attached hydrogens (tertiary/aromatic N) is 2. The van der Waals surface area contributed by atoms with Crippen molar-refractivity contribution in [2.45, 2.75) is 52.2 Å². The van der Waals surface area contributed by atoms with Gasteiger partial charge in [0.2, 0.25) is 0 Å². The van der Waals surface area contributed by atoms with Crippen LogP contribution in [0, 0.1) is 12.1 Å². The Kier molecular flexibility index (Phi) is 10.9. The normalized spacial score (nSPS) is 11.2. The summed E-state index contributed by atoms with van der Waals surface area (Å²) in [4.78, 5) is 9.06. The molecule has 0 amide bonds. The number of aromatic nitrogens is 2. The van der Waals surface area contributed by atoms with Gasteiger partial charge in [0.1, 0.15) is 0 Å². The second-order valence-corrected chi connectivity index (χ2v) is 17.0. The van der Waals surface area contributed by atoms with Crippen LogP contribution in [0.1, 0.15) is 37.5 Å². The van der Waals surface area contributed by atoms with E-state index in [1.165, 1.54) is 21.9 Å². The topological polar surface area (TPSA) is 25.8 Å². The Morgan fingerprint density at radius 1 is 0.675 bits per heavy atom. The average Bonchev–Trinajstić information content (AvgIpc) is 2.94. The number of hydrogen-bond acceptors (Lipinski definition) is 2. The van der Waals surface area contributed by atoms with Crippen molar-refractivity contribution in [3.63, 3.8) is 0 Å². The van der Waals surface area contributed by atoms with Gasteiger partial charge in [-0.15, -0.1) is 71.3 Å². The summed E-state index contributed by atoms with van der Waals surface area (Å²) in [6, 6.07) is 39.9. The first-order chi connectivity index (χ1) is 18.6. The van der Waals surface area contributed by atoms with Gasteiger partial charge in [-0.25, -0.2) is 0 Å². The summed E-state index contributed by atoms with van der Waals surface area (Å²) in [6.07, 6.45) is 4.84. The summed E-state index contributed by atoms with van der Waals surface area (Å²) < 4.78 is 0. The number of hydrogen-bond donors (Lipinski definition) is 0. The zero-order chi connectivity index (χ0) is 27.9. The van der Waals surface area contributed by atoms with Crippen LogP contribution >= 0.6 is 0 Å². The molecule has 0 bridgehead atoms. The maximum absolute atomic E-state index is 4.54. The predicted octanol–water partition coefficient (Wildman–Crippen LogP) is 8.53. The van der Waals surface area contributed by atoms with E-state index in [1.807, 2.05) is 42.7 Å². The molecule has 0 spiro atoms. The van der Waals surface area contributed by atoms with Crippen molar-refractivity contribution in [1.82, 2.24) is 9.97 Å². The second-order valence-electron chi connectivity index (χ2n) is 11.9. The van der Waals surface area contributed by atoms with Crippen molar-refractivity contribution in [3.05, 3.63) is 138 Å². The van der Waals surface area contributed by atoms with Gasteiger partial charge in [0.25, 0.3) is 0 Å². The van der Waals surface area contributed by atoms with Gasteiger partial charge in [0.15, 0.2) is 0 Å². The fourth-order valence-electron chi connectivity index (χ4n) is 4.20. The molecule has 0 unspecified atom stereocenters. The van der Waals surface area contributed by atoms with Crippen molar-refractivity contribution < 1.29 is 20.1 Å². The second kappa shape index (κ2) is 13.9. The summed E-state index contributed by atoms with van der Waals surface area (Å²) in [5, 5.41) is 1.40. The molecule has 2 nitrogen and oxygen atoms in total. The number of pyridine rings is 2. The van der Waals surface area contributed by atoms with Crippen LogP contribution < -0.4 is 5.19 Å². The van der Waals surface area contributed by atoms with Crippen LogP contribution in [-0.2, 0) is 31.9 Å². The Hall–Kier alpha value is -3.17. The standard InChI is InChI=1S/C22H22N.C14H16NSi.Ir/c1-22(2,3)20-12-13-23-21(16-20)19-11-7-10-18(15-19)14-17-8-5-4-6-9-17;1-16(2,3)13-9-10-14(15-11-13)12-7-5-4-6-8-12;/h4-10,12-13,15-16H,14H2,1-3H3;4-7,9-11H,1-3H3;/q2*-1;. The fraction of sp³-hybridized carbons (Fsp3) is 0.222. The maximum Gasteiger partial charge on any atom is 0.0795 e. The van der Waals surface area contributed by atoms with Gasteiger partial charge >= 0.3 is 0 Å². The van der Waals surface area contributed by atoms with Gasteiger partial charge in [-0.2, -0.15) is 0 Å². The molecule has 3 aromatic carbocycles. The van der Waals surface area contributed by atoms with Crippen molar-refractivity contribution in [1.29, 1.82) is 0 Å². The third-order valence-electron chi connectivity index (χ3n) is 6.63. The van der Waals surface area contributed by atoms with Crippen molar-refractivity contribution in [2.24, 2.45) is 0 Å². The van der Waals surface area contributed by atoms with Crippen LogP contribution in [-0.4, -0.2) is 18.0 Å². The molecule has 40 heavy (non-hydrogen) atoms. The van der Waals surface area contributed by atoms with E-state index in [2.05, 4.69) is 129 Å². The maximum atomic E-state index is 4.54. The minimum absolute atomic E-state index is 0. The molecule has 1 radical (unpaired) electrons. The van der Waals surface area contributed by atoms with Crippen molar-refractivity contribution in [3.8, 4) is 22.5 Å². The number of rotatable bonds is 5. The van der Waals surface area contributed by atoms with E-state index in [4.69, 9.17) is 0 Å². The summed E-state index contributed by atoms with van der Waals surface area (Å²) in [6.45, 7) is 13.7. The largest absolute Gasteiger partial charge is 0.305 e. The van der Waals surface area contributed by atoms with Gasteiger partial charge in [-0.1, -0.05) is 88.9 Å². The van der Waals surface area contributed by atoms with Crippen LogP contribution in [0.25, 0.3) is 22.5 Å². The van der Waals surface area contributed by atoms with E-state index in [0.717, 1.165) is 28.9 Å². The van der Waals surface area contributed by atoms with Crippen molar-refractivity contribution >= 4 is 13.3 Å². The SMILES string of the molecule is CC(C)(C)c1ccnc(-c2[c-]ccc(Cc3ccccc3)c2)c1.C[Si](C)(C)c1ccc(-c2[c-]cccc2)nc1.[Ir]. The van der Waals surface area contributed by atoms with Gasteiger partial charge in [0.05, 0.1) is 8.07 Å². The molecule has 0 aliphatic heterocycles. The van der Waals surface area contributed by atoms with Gasteiger partial charge < -0.3 is 9.97 Å². The molecule has 207 valence electrons. The van der Waals surface area contributed by atoms with Crippen LogP contribution in [0.15, 0.2) is 109 Å². The zero-order valence-corrected chi connectivity index (χ0v) is 27.7. The van der Waals surface area contributed by atoms with Crippen molar-refractivity contribution in [2.75, 3.05) is 0 Å². The first-order valence-electron chi connectivity index (χ1n) is 13.5. The minimum atomic E-state index is -1.23. The fourth-order valence-corrected chi connectivity index (χ4v) is 5.23. The first kappa shape index (κ1) is 31.4. The molecule has 4 heteroatoms. The average molecular weight is 719 g/mol. The summed E-state index contributed by atoms with van der Waals surface area (Å²) in [5.74, 6) is 0. The van der Waals surface area contributed by atoms with E-state index in [-0.39, 0.29) is 25.5 Å². The molecular weight excluding hydrogens is 681 g/mol. The third kappa shape index (κ3) is 8.92. The summed E-state index contributed by atoms with van der Waals surface area (Å²) in [7, 11) is -1.23. The molecular formula is C36H38IrN2Si-2. The molecule has 0 N–H and O–H groups in total. The third-order valence-corrected chi connectivity index (χ3v) is 8.66. The molecule has 5 aromatic rings. The molecule has 0 atom stereocenters. The molecule has 0 aliphatic carbocycles. The number of benzene rings is 3. The molecule has 0 saturated heterocycles.